The van der Waals surface area contributed by atoms with Crippen LogP contribution in [-0.2, 0) is 32.6 Å². The number of carbonyl (C=O) groups is 2. The van der Waals surface area contributed by atoms with E-state index >= 15 is 0 Å². The molecule has 154 valence electrons. The molecule has 0 spiro atoms. The summed E-state index contributed by atoms with van der Waals surface area (Å²) in [5.41, 5.74) is 2.28. The maximum atomic E-state index is 12.6. The molecule has 0 bridgehead atoms. The van der Waals surface area contributed by atoms with E-state index in [1.807, 2.05) is 0 Å². The molecule has 1 heterocycles. The van der Waals surface area contributed by atoms with Gasteiger partial charge in [-0.15, -0.1) is 0 Å². The van der Waals surface area contributed by atoms with Crippen LogP contribution in [0.25, 0.3) is 0 Å². The van der Waals surface area contributed by atoms with Crippen LogP contribution in [0.5, 0.6) is 0 Å². The number of hydrogen-bond donors (Lipinski definition) is 2. The fourth-order valence-electron chi connectivity index (χ4n) is 3.21. The summed E-state index contributed by atoms with van der Waals surface area (Å²) in [6.07, 6.45) is 1.47. The first-order valence-electron chi connectivity index (χ1n) is 9.19. The highest BCUT2D eigenvalue weighted by atomic mass is 35.5. The lowest BCUT2D eigenvalue weighted by Crippen LogP contribution is -2.37. The average molecular weight is 436 g/mol. The van der Waals surface area contributed by atoms with Gasteiger partial charge in [0.25, 0.3) is 0 Å². The number of nitrogens with one attached hydrogen (secondary N) is 2. The van der Waals surface area contributed by atoms with E-state index in [0.29, 0.717) is 18.0 Å². The molecule has 0 atom stereocenters. The van der Waals surface area contributed by atoms with E-state index in [9.17, 15) is 18.0 Å². The molecule has 0 fully saturated rings. The Balaban J connectivity index is 1.63. The number of halogens is 1. The third kappa shape index (κ3) is 5.14. The molecule has 0 aromatic heterocycles. The van der Waals surface area contributed by atoms with Gasteiger partial charge in [-0.3, -0.25) is 9.59 Å². The SMILES string of the molecule is CC(=O)N1CCCc2cc(S(=O)(=O)NCC(=O)NCc3ccccc3Cl)ccc21. The Morgan fingerprint density at radius 2 is 1.93 bits per heavy atom. The number of nitrogens with zero attached hydrogens (tertiary/aromatic N) is 1. The number of amides is 2. The van der Waals surface area contributed by atoms with E-state index in [-0.39, 0.29) is 23.9 Å². The summed E-state index contributed by atoms with van der Waals surface area (Å²) in [6, 6.07) is 11.7. The van der Waals surface area contributed by atoms with E-state index in [0.717, 1.165) is 23.2 Å². The number of aryl methyl sites for hydroxylation is 1. The zero-order valence-electron chi connectivity index (χ0n) is 15.9. The normalized spacial score (nSPS) is 13.7. The summed E-state index contributed by atoms with van der Waals surface area (Å²) in [4.78, 5) is 25.5. The summed E-state index contributed by atoms with van der Waals surface area (Å²) < 4.78 is 27.5. The van der Waals surface area contributed by atoms with Crippen molar-refractivity contribution < 1.29 is 18.0 Å². The lowest BCUT2D eigenvalue weighted by atomic mass is 10.0. The van der Waals surface area contributed by atoms with Crippen molar-refractivity contribution in [1.29, 1.82) is 0 Å². The fraction of sp³-hybridized carbons (Fsp3) is 0.300. The van der Waals surface area contributed by atoms with Crippen molar-refractivity contribution in [3.63, 3.8) is 0 Å². The third-order valence-corrected chi connectivity index (χ3v) is 6.48. The Morgan fingerprint density at radius 1 is 1.17 bits per heavy atom. The van der Waals surface area contributed by atoms with Crippen molar-refractivity contribution in [2.45, 2.75) is 31.2 Å². The van der Waals surface area contributed by atoms with Crippen molar-refractivity contribution in [3.05, 3.63) is 58.6 Å². The molecule has 0 unspecified atom stereocenters. The van der Waals surface area contributed by atoms with Crippen LogP contribution in [0.3, 0.4) is 0 Å². The molecule has 3 rings (SSSR count). The molecule has 0 saturated heterocycles. The van der Waals surface area contributed by atoms with Gasteiger partial charge in [-0.25, -0.2) is 13.1 Å². The molecule has 29 heavy (non-hydrogen) atoms. The minimum Gasteiger partial charge on any atom is -0.351 e. The summed E-state index contributed by atoms with van der Waals surface area (Å²) in [5, 5.41) is 3.17. The van der Waals surface area contributed by atoms with Gasteiger partial charge in [0.15, 0.2) is 0 Å². The van der Waals surface area contributed by atoms with Crippen molar-refractivity contribution in [2.75, 3.05) is 18.0 Å². The van der Waals surface area contributed by atoms with Gasteiger partial charge in [-0.2, -0.15) is 0 Å². The van der Waals surface area contributed by atoms with Crippen molar-refractivity contribution in [2.24, 2.45) is 0 Å². The largest absolute Gasteiger partial charge is 0.351 e. The summed E-state index contributed by atoms with van der Waals surface area (Å²) in [6.45, 7) is 1.93. The van der Waals surface area contributed by atoms with Crippen molar-refractivity contribution >= 4 is 39.1 Å². The molecule has 2 aromatic carbocycles. The van der Waals surface area contributed by atoms with Crippen LogP contribution >= 0.6 is 11.6 Å². The highest BCUT2D eigenvalue weighted by Gasteiger charge is 2.23. The minimum absolute atomic E-state index is 0.0700. The van der Waals surface area contributed by atoms with Crippen molar-refractivity contribution in [3.8, 4) is 0 Å². The lowest BCUT2D eigenvalue weighted by molar-refractivity contribution is -0.120. The number of hydrogen-bond acceptors (Lipinski definition) is 4. The summed E-state index contributed by atoms with van der Waals surface area (Å²) >= 11 is 6.04. The second-order valence-corrected chi connectivity index (χ2v) is 8.93. The van der Waals surface area contributed by atoms with Crippen LogP contribution < -0.4 is 14.9 Å². The highest BCUT2D eigenvalue weighted by molar-refractivity contribution is 7.89. The zero-order chi connectivity index (χ0) is 21.0. The Hall–Kier alpha value is -2.42. The molecular formula is C20H22ClN3O4S. The van der Waals surface area contributed by atoms with Gasteiger partial charge in [0.2, 0.25) is 21.8 Å². The molecule has 0 saturated carbocycles. The maximum Gasteiger partial charge on any atom is 0.241 e. The molecule has 0 aliphatic carbocycles. The van der Waals surface area contributed by atoms with Gasteiger partial charge >= 0.3 is 0 Å². The first kappa shape index (κ1) is 21.3. The summed E-state index contributed by atoms with van der Waals surface area (Å²) in [5.74, 6) is -0.538. The van der Waals surface area contributed by atoms with Gasteiger partial charge in [0.1, 0.15) is 0 Å². The van der Waals surface area contributed by atoms with Crippen LogP contribution in [0.1, 0.15) is 24.5 Å². The number of benzene rings is 2. The quantitative estimate of drug-likeness (QED) is 0.727. The molecule has 1 aliphatic heterocycles. The first-order valence-corrected chi connectivity index (χ1v) is 11.0. The molecular weight excluding hydrogens is 414 g/mol. The first-order chi connectivity index (χ1) is 13.8. The topological polar surface area (TPSA) is 95.6 Å². The van der Waals surface area contributed by atoms with Crippen molar-refractivity contribution in [1.82, 2.24) is 10.0 Å². The standard InChI is InChI=1S/C20H22ClN3O4S/c1-14(25)24-10-4-6-15-11-17(8-9-19(15)24)29(27,28)23-13-20(26)22-12-16-5-2-3-7-18(16)21/h2-3,5,7-9,11,23H,4,6,10,12-13H2,1H3,(H,22,26). The molecule has 7 nitrogen and oxygen atoms in total. The third-order valence-electron chi connectivity index (χ3n) is 4.72. The molecule has 0 radical (unpaired) electrons. The lowest BCUT2D eigenvalue weighted by Gasteiger charge is -2.28. The molecule has 2 N–H and O–H groups in total. The average Bonchev–Trinajstić information content (AvgIpc) is 2.70. The molecule has 1 aliphatic rings. The maximum absolute atomic E-state index is 12.6. The van der Waals surface area contributed by atoms with Crippen LogP contribution in [0.2, 0.25) is 5.02 Å². The van der Waals surface area contributed by atoms with E-state index in [1.54, 1.807) is 41.3 Å². The Kier molecular flexibility index (Phi) is 6.56. The summed E-state index contributed by atoms with van der Waals surface area (Å²) in [7, 11) is -3.86. The fourth-order valence-corrected chi connectivity index (χ4v) is 4.44. The van der Waals surface area contributed by atoms with Crippen LogP contribution in [-0.4, -0.2) is 33.3 Å². The number of anilines is 1. The Labute approximate surface area is 175 Å². The van der Waals surface area contributed by atoms with E-state index in [4.69, 9.17) is 11.6 Å². The number of carbonyl (C=O) groups excluding carboxylic acids is 2. The second kappa shape index (κ2) is 8.94. The van der Waals surface area contributed by atoms with E-state index in [2.05, 4.69) is 10.0 Å². The van der Waals surface area contributed by atoms with E-state index in [1.165, 1.54) is 13.0 Å². The monoisotopic (exact) mass is 435 g/mol. The van der Waals surface area contributed by atoms with Gasteiger partial charge in [0.05, 0.1) is 11.4 Å². The predicted octanol–water partition coefficient (Wildman–Crippen LogP) is 2.23. The smallest absolute Gasteiger partial charge is 0.241 e. The Morgan fingerprint density at radius 3 is 2.66 bits per heavy atom. The van der Waals surface area contributed by atoms with Crippen LogP contribution in [0.15, 0.2) is 47.4 Å². The zero-order valence-corrected chi connectivity index (χ0v) is 17.5. The van der Waals surface area contributed by atoms with Gasteiger partial charge in [-0.1, -0.05) is 29.8 Å². The van der Waals surface area contributed by atoms with Crippen LogP contribution in [0, 0.1) is 0 Å². The number of rotatable bonds is 6. The van der Waals surface area contributed by atoms with Gasteiger partial charge < -0.3 is 10.2 Å². The highest BCUT2D eigenvalue weighted by Crippen LogP contribution is 2.29. The molecule has 2 aromatic rings. The predicted molar refractivity (Wildman–Crippen MR) is 111 cm³/mol. The number of fused-ring (bicyclic) bond motifs is 1. The second-order valence-electron chi connectivity index (χ2n) is 6.76. The van der Waals surface area contributed by atoms with Gasteiger partial charge in [0, 0.05) is 30.7 Å². The van der Waals surface area contributed by atoms with Crippen LogP contribution in [0.4, 0.5) is 5.69 Å². The molecule has 9 heteroatoms. The minimum atomic E-state index is -3.86. The molecule has 2 amide bonds. The number of sulfonamides is 1. The Bertz CT molecular complexity index is 1040. The van der Waals surface area contributed by atoms with Gasteiger partial charge in [-0.05, 0) is 48.2 Å². The van der Waals surface area contributed by atoms with E-state index < -0.39 is 15.9 Å².